The summed E-state index contributed by atoms with van der Waals surface area (Å²) in [7, 11) is 0. The molecular formula is C21H29NO5. The van der Waals surface area contributed by atoms with E-state index in [0.29, 0.717) is 6.61 Å². The van der Waals surface area contributed by atoms with E-state index in [1.54, 1.807) is 0 Å². The number of carboxylic acid groups (broad SMARTS) is 1. The fourth-order valence-electron chi connectivity index (χ4n) is 5.00. The first kappa shape index (κ1) is 18.6. The van der Waals surface area contributed by atoms with Crippen LogP contribution in [0.5, 0.6) is 11.5 Å². The minimum absolute atomic E-state index is 0.0461. The largest absolute Gasteiger partial charge is 0.490 e. The second-order valence-corrected chi connectivity index (χ2v) is 8.32. The average molecular weight is 375 g/mol. The van der Waals surface area contributed by atoms with Crippen LogP contribution in [-0.2, 0) is 9.53 Å². The monoisotopic (exact) mass is 375 g/mol. The third-order valence-corrected chi connectivity index (χ3v) is 6.23. The molecule has 1 aromatic carbocycles. The highest BCUT2D eigenvalue weighted by Crippen LogP contribution is 2.54. The van der Waals surface area contributed by atoms with Gasteiger partial charge in [0, 0.05) is 17.5 Å². The third-order valence-electron chi connectivity index (χ3n) is 6.23. The Hall–Kier alpha value is -1.79. The van der Waals surface area contributed by atoms with Crippen molar-refractivity contribution in [2.24, 2.45) is 5.92 Å². The van der Waals surface area contributed by atoms with E-state index in [1.807, 2.05) is 19.1 Å². The van der Waals surface area contributed by atoms with Crippen LogP contribution in [0.4, 0.5) is 0 Å². The minimum Gasteiger partial charge on any atom is -0.490 e. The molecule has 148 valence electrons. The number of piperidine rings is 1. The standard InChI is InChI=1S/C21H29NO5/c1-4-25-17-8-5-7-13-19-14(21(2,3)27-20(13)17)11-15-16(26-19)9-6-10-22(15)12-18(23)24/h5,7-8,14-16,19H,4,6,9-12H2,1-3H3,(H,23,24)/t14-,15-,16-,19+/m1/s1. The van der Waals surface area contributed by atoms with Gasteiger partial charge in [-0.3, -0.25) is 9.69 Å². The highest BCUT2D eigenvalue weighted by molar-refractivity contribution is 5.69. The van der Waals surface area contributed by atoms with E-state index in [4.69, 9.17) is 14.2 Å². The Morgan fingerprint density at radius 2 is 2.22 bits per heavy atom. The van der Waals surface area contributed by atoms with E-state index in [0.717, 1.165) is 42.9 Å². The molecule has 1 aromatic rings. The highest BCUT2D eigenvalue weighted by Gasteiger charge is 2.52. The summed E-state index contributed by atoms with van der Waals surface area (Å²) in [5, 5.41) is 9.28. The molecule has 27 heavy (non-hydrogen) atoms. The van der Waals surface area contributed by atoms with Crippen molar-refractivity contribution in [1.82, 2.24) is 4.90 Å². The number of para-hydroxylation sites is 1. The molecule has 4 rings (SSSR count). The summed E-state index contributed by atoms with van der Waals surface area (Å²) in [6.07, 6.45) is 2.85. The molecule has 2 fully saturated rings. The fourth-order valence-corrected chi connectivity index (χ4v) is 5.00. The Balaban J connectivity index is 1.67. The molecular weight excluding hydrogens is 346 g/mol. The number of aliphatic carboxylic acids is 1. The molecule has 3 aliphatic rings. The Morgan fingerprint density at radius 3 is 2.96 bits per heavy atom. The van der Waals surface area contributed by atoms with Crippen LogP contribution in [0.25, 0.3) is 0 Å². The van der Waals surface area contributed by atoms with Gasteiger partial charge >= 0.3 is 5.97 Å². The summed E-state index contributed by atoms with van der Waals surface area (Å²) in [6.45, 7) is 7.66. The zero-order valence-corrected chi connectivity index (χ0v) is 16.3. The Morgan fingerprint density at radius 1 is 1.41 bits per heavy atom. The zero-order valence-electron chi connectivity index (χ0n) is 16.3. The van der Waals surface area contributed by atoms with Crippen molar-refractivity contribution in [3.05, 3.63) is 23.8 Å². The fraction of sp³-hybridized carbons (Fsp3) is 0.667. The maximum Gasteiger partial charge on any atom is 0.317 e. The number of benzene rings is 1. The van der Waals surface area contributed by atoms with Crippen LogP contribution < -0.4 is 9.47 Å². The summed E-state index contributed by atoms with van der Waals surface area (Å²) < 4.78 is 18.9. The van der Waals surface area contributed by atoms with Crippen LogP contribution in [0.1, 0.15) is 51.7 Å². The molecule has 0 unspecified atom stereocenters. The predicted molar refractivity (Wildman–Crippen MR) is 100 cm³/mol. The van der Waals surface area contributed by atoms with E-state index in [9.17, 15) is 9.90 Å². The number of carbonyl (C=O) groups is 1. The van der Waals surface area contributed by atoms with Gasteiger partial charge in [-0.15, -0.1) is 0 Å². The van der Waals surface area contributed by atoms with Crippen molar-refractivity contribution in [1.29, 1.82) is 0 Å². The molecule has 0 aliphatic carbocycles. The van der Waals surface area contributed by atoms with Crippen LogP contribution in [-0.4, -0.2) is 53.4 Å². The maximum absolute atomic E-state index is 11.3. The molecule has 0 aromatic heterocycles. The van der Waals surface area contributed by atoms with Gasteiger partial charge in [-0.2, -0.15) is 0 Å². The normalized spacial score (nSPS) is 31.8. The SMILES string of the molecule is CCOc1cccc2c1OC(C)(C)[C@@H]1C[C@@H]3[C@@H](CCCN3CC(=O)O)O[C@@H]21. The first-order chi connectivity index (χ1) is 12.9. The van der Waals surface area contributed by atoms with Crippen molar-refractivity contribution in [2.75, 3.05) is 19.7 Å². The van der Waals surface area contributed by atoms with Gasteiger partial charge in [0.15, 0.2) is 11.5 Å². The number of hydrogen-bond acceptors (Lipinski definition) is 5. The molecule has 3 aliphatic heterocycles. The quantitative estimate of drug-likeness (QED) is 0.871. The molecule has 0 spiro atoms. The van der Waals surface area contributed by atoms with Crippen LogP contribution >= 0.6 is 0 Å². The van der Waals surface area contributed by atoms with Crippen molar-refractivity contribution in [3.8, 4) is 11.5 Å². The van der Waals surface area contributed by atoms with Gasteiger partial charge in [0.25, 0.3) is 0 Å². The lowest BCUT2D eigenvalue weighted by atomic mass is 9.72. The van der Waals surface area contributed by atoms with Gasteiger partial charge in [0.2, 0.25) is 0 Å². The van der Waals surface area contributed by atoms with Gasteiger partial charge in [0.1, 0.15) is 5.60 Å². The summed E-state index contributed by atoms with van der Waals surface area (Å²) in [4.78, 5) is 13.4. The summed E-state index contributed by atoms with van der Waals surface area (Å²) in [6, 6.07) is 6.15. The van der Waals surface area contributed by atoms with Gasteiger partial charge in [-0.25, -0.2) is 0 Å². The smallest absolute Gasteiger partial charge is 0.317 e. The second kappa shape index (κ2) is 6.99. The summed E-state index contributed by atoms with van der Waals surface area (Å²) >= 11 is 0. The van der Waals surface area contributed by atoms with E-state index in [2.05, 4.69) is 24.8 Å². The first-order valence-electron chi connectivity index (χ1n) is 9.96. The highest BCUT2D eigenvalue weighted by atomic mass is 16.5. The minimum atomic E-state index is -0.774. The maximum atomic E-state index is 11.3. The first-order valence-corrected chi connectivity index (χ1v) is 9.96. The average Bonchev–Trinajstić information content (AvgIpc) is 2.61. The van der Waals surface area contributed by atoms with Crippen molar-refractivity contribution in [2.45, 2.75) is 63.9 Å². The number of hydrogen-bond donors (Lipinski definition) is 1. The summed E-state index contributed by atoms with van der Waals surface area (Å²) in [5.74, 6) is 0.951. The molecule has 0 bridgehead atoms. The van der Waals surface area contributed by atoms with E-state index < -0.39 is 11.6 Å². The van der Waals surface area contributed by atoms with Gasteiger partial charge in [-0.1, -0.05) is 12.1 Å². The lowest BCUT2D eigenvalue weighted by molar-refractivity contribution is -0.191. The molecule has 0 radical (unpaired) electrons. The van der Waals surface area contributed by atoms with Crippen LogP contribution in [0.15, 0.2) is 18.2 Å². The predicted octanol–water partition coefficient (Wildman–Crippen LogP) is 3.25. The number of rotatable bonds is 4. The number of ether oxygens (including phenoxy) is 3. The number of fused-ring (bicyclic) bond motifs is 4. The lowest BCUT2D eigenvalue weighted by Crippen LogP contribution is -2.59. The molecule has 6 nitrogen and oxygen atoms in total. The van der Waals surface area contributed by atoms with Crippen LogP contribution in [0, 0.1) is 5.92 Å². The number of carboxylic acids is 1. The van der Waals surface area contributed by atoms with Crippen molar-refractivity contribution >= 4 is 5.97 Å². The zero-order chi connectivity index (χ0) is 19.2. The Kier molecular flexibility index (Phi) is 4.80. The molecule has 2 saturated heterocycles. The Bertz CT molecular complexity index is 719. The van der Waals surface area contributed by atoms with Gasteiger partial charge in [0.05, 0.1) is 25.4 Å². The third kappa shape index (κ3) is 3.29. The van der Waals surface area contributed by atoms with E-state index in [-0.39, 0.29) is 30.7 Å². The van der Waals surface area contributed by atoms with Crippen molar-refractivity contribution < 1.29 is 24.1 Å². The molecule has 6 heteroatoms. The topological polar surface area (TPSA) is 68.2 Å². The molecule has 3 heterocycles. The molecule has 4 atom stereocenters. The van der Waals surface area contributed by atoms with E-state index >= 15 is 0 Å². The van der Waals surface area contributed by atoms with Gasteiger partial charge < -0.3 is 19.3 Å². The van der Waals surface area contributed by atoms with Crippen LogP contribution in [0.3, 0.4) is 0 Å². The van der Waals surface area contributed by atoms with E-state index in [1.165, 1.54) is 0 Å². The molecule has 1 N–H and O–H groups in total. The van der Waals surface area contributed by atoms with Crippen LogP contribution in [0.2, 0.25) is 0 Å². The van der Waals surface area contributed by atoms with Gasteiger partial charge in [-0.05, 0) is 52.6 Å². The molecule has 0 amide bonds. The molecule has 0 saturated carbocycles. The second-order valence-electron chi connectivity index (χ2n) is 8.32. The number of likely N-dealkylation sites (tertiary alicyclic amines) is 1. The number of nitrogens with zero attached hydrogens (tertiary/aromatic N) is 1. The lowest BCUT2D eigenvalue weighted by Gasteiger charge is -2.54. The van der Waals surface area contributed by atoms with Crippen molar-refractivity contribution in [3.63, 3.8) is 0 Å². The Labute approximate surface area is 160 Å². The summed E-state index contributed by atoms with van der Waals surface area (Å²) in [5.41, 5.74) is 0.640.